The van der Waals surface area contributed by atoms with Gasteiger partial charge in [0, 0.05) is 0 Å². The van der Waals surface area contributed by atoms with E-state index in [0.717, 1.165) is 22.6 Å². The molecule has 0 spiro atoms. The lowest BCUT2D eigenvalue weighted by Crippen LogP contribution is -2.08. The molecule has 0 aliphatic heterocycles. The van der Waals surface area contributed by atoms with Crippen molar-refractivity contribution in [3.05, 3.63) is 109 Å². The predicted octanol–water partition coefficient (Wildman–Crippen LogP) is 6.41. The molecule has 3 nitrogen and oxygen atoms in total. The monoisotopic (exact) mass is 382 g/mol. The molecule has 4 aromatic carbocycles. The van der Waals surface area contributed by atoms with Crippen molar-refractivity contribution in [2.75, 3.05) is 13.6 Å². The third-order valence-electron chi connectivity index (χ3n) is 4.54. The average Bonchev–Trinajstić information content (AvgIpc) is 2.81. The van der Waals surface area contributed by atoms with Crippen LogP contribution in [0.4, 0.5) is 0 Å². The topological polar surface area (TPSA) is 27.7 Å². The second kappa shape index (κ2) is 9.58. The van der Waals surface area contributed by atoms with Crippen LogP contribution in [0.25, 0.3) is 22.3 Å². The van der Waals surface area contributed by atoms with Gasteiger partial charge in [0.1, 0.15) is 11.5 Å². The van der Waals surface area contributed by atoms with Crippen molar-refractivity contribution in [1.82, 2.24) is 0 Å². The van der Waals surface area contributed by atoms with Crippen LogP contribution in [0.3, 0.4) is 0 Å². The summed E-state index contributed by atoms with van der Waals surface area (Å²) in [5.74, 6) is 1.52. The first-order chi connectivity index (χ1) is 14.4. The van der Waals surface area contributed by atoms with Crippen molar-refractivity contribution >= 4 is 0 Å². The highest BCUT2D eigenvalue weighted by Crippen LogP contribution is 2.23. The summed E-state index contributed by atoms with van der Waals surface area (Å²) in [6.07, 6.45) is 0. The van der Waals surface area contributed by atoms with Crippen LogP contribution in [0, 0.1) is 0 Å². The van der Waals surface area contributed by atoms with Crippen LogP contribution >= 0.6 is 0 Å². The molecule has 0 saturated heterocycles. The zero-order chi connectivity index (χ0) is 19.7. The predicted molar refractivity (Wildman–Crippen MR) is 116 cm³/mol. The summed E-state index contributed by atoms with van der Waals surface area (Å²) in [4.78, 5) is 0. The number of ether oxygens (including phenoxy) is 3. The van der Waals surface area contributed by atoms with Gasteiger partial charge in [-0.3, -0.25) is 0 Å². The number of benzene rings is 4. The molecule has 144 valence electrons. The molecule has 0 amide bonds. The van der Waals surface area contributed by atoms with E-state index in [1.54, 1.807) is 0 Å². The Kier molecular flexibility index (Phi) is 6.21. The molecule has 0 heterocycles. The van der Waals surface area contributed by atoms with E-state index in [2.05, 4.69) is 24.3 Å². The zero-order valence-corrected chi connectivity index (χ0v) is 16.0. The van der Waals surface area contributed by atoms with Gasteiger partial charge in [-0.25, -0.2) is 0 Å². The molecule has 0 bridgehead atoms. The summed E-state index contributed by atoms with van der Waals surface area (Å²) < 4.78 is 16.6. The first-order valence-corrected chi connectivity index (χ1v) is 9.53. The summed E-state index contributed by atoms with van der Waals surface area (Å²) in [7, 11) is 0. The molecule has 0 unspecified atom stereocenters. The molecule has 0 N–H and O–H groups in total. The maximum Gasteiger partial charge on any atom is 0.192 e. The molecule has 0 saturated carbocycles. The van der Waals surface area contributed by atoms with Crippen molar-refractivity contribution in [3.8, 4) is 33.8 Å². The molecule has 4 rings (SSSR count). The number of hydrogen-bond donors (Lipinski definition) is 0. The minimum Gasteiger partial charge on any atom is -0.467 e. The second-order valence-corrected chi connectivity index (χ2v) is 6.51. The summed E-state index contributed by atoms with van der Waals surface area (Å²) in [5, 5.41) is 0. The zero-order valence-electron chi connectivity index (χ0n) is 16.0. The van der Waals surface area contributed by atoms with E-state index in [4.69, 9.17) is 14.2 Å². The smallest absolute Gasteiger partial charge is 0.192 e. The van der Waals surface area contributed by atoms with Gasteiger partial charge < -0.3 is 14.2 Å². The summed E-state index contributed by atoms with van der Waals surface area (Å²) >= 11 is 0. The van der Waals surface area contributed by atoms with Crippen LogP contribution in [-0.2, 0) is 4.74 Å². The fourth-order valence-corrected chi connectivity index (χ4v) is 3.00. The van der Waals surface area contributed by atoms with Crippen LogP contribution in [0.15, 0.2) is 109 Å². The SMILES string of the molecule is c1ccc(-c2ccc(OCOCOc3ccc(-c4ccccc4)cc3)cc2)cc1. The Morgan fingerprint density at radius 2 is 0.724 bits per heavy atom. The lowest BCUT2D eigenvalue weighted by molar-refractivity contribution is -0.0536. The molecule has 0 aliphatic carbocycles. The average molecular weight is 382 g/mol. The third kappa shape index (κ3) is 5.24. The van der Waals surface area contributed by atoms with Crippen LogP contribution in [0.5, 0.6) is 11.5 Å². The van der Waals surface area contributed by atoms with E-state index in [1.165, 1.54) is 11.1 Å². The van der Waals surface area contributed by atoms with Gasteiger partial charge in [-0.1, -0.05) is 84.9 Å². The molecule has 3 heteroatoms. The summed E-state index contributed by atoms with van der Waals surface area (Å²) in [6, 6.07) is 36.4. The highest BCUT2D eigenvalue weighted by molar-refractivity contribution is 5.64. The summed E-state index contributed by atoms with van der Waals surface area (Å²) in [6.45, 7) is 0.263. The van der Waals surface area contributed by atoms with Gasteiger partial charge in [0.2, 0.25) is 0 Å². The molecule has 4 aromatic rings. The van der Waals surface area contributed by atoms with Crippen molar-refractivity contribution in [2.45, 2.75) is 0 Å². The Balaban J connectivity index is 1.20. The molecule has 0 fully saturated rings. The third-order valence-corrected chi connectivity index (χ3v) is 4.54. The van der Waals surface area contributed by atoms with Gasteiger partial charge in [0.15, 0.2) is 13.6 Å². The lowest BCUT2D eigenvalue weighted by Gasteiger charge is -2.10. The van der Waals surface area contributed by atoms with Crippen LogP contribution in [-0.4, -0.2) is 13.6 Å². The standard InChI is InChI=1S/C26H22O3/c1-3-7-21(8-4-1)23-11-15-25(16-12-23)28-19-27-20-29-26-17-13-24(14-18-26)22-9-5-2-6-10-22/h1-18H,19-20H2. The molecular formula is C26H22O3. The Morgan fingerprint density at radius 1 is 0.379 bits per heavy atom. The maximum absolute atomic E-state index is 5.61. The highest BCUT2D eigenvalue weighted by Gasteiger charge is 2.00. The van der Waals surface area contributed by atoms with Gasteiger partial charge in [-0.15, -0.1) is 0 Å². The van der Waals surface area contributed by atoms with Crippen molar-refractivity contribution in [1.29, 1.82) is 0 Å². The minimum atomic E-state index is 0.132. The lowest BCUT2D eigenvalue weighted by atomic mass is 10.1. The molecule has 0 aromatic heterocycles. The Hall–Kier alpha value is -3.56. The van der Waals surface area contributed by atoms with E-state index in [-0.39, 0.29) is 13.6 Å². The molecule has 0 radical (unpaired) electrons. The number of rotatable bonds is 8. The Morgan fingerprint density at radius 3 is 1.10 bits per heavy atom. The quantitative estimate of drug-likeness (QED) is 0.260. The van der Waals surface area contributed by atoms with E-state index >= 15 is 0 Å². The van der Waals surface area contributed by atoms with Gasteiger partial charge in [-0.2, -0.15) is 0 Å². The Bertz CT molecular complexity index is 910. The fraction of sp³-hybridized carbons (Fsp3) is 0.0769. The van der Waals surface area contributed by atoms with Crippen molar-refractivity contribution in [2.24, 2.45) is 0 Å². The molecule has 0 atom stereocenters. The molecule has 0 aliphatic rings. The number of hydrogen-bond acceptors (Lipinski definition) is 3. The summed E-state index contributed by atoms with van der Waals surface area (Å²) in [5.41, 5.74) is 4.67. The van der Waals surface area contributed by atoms with Gasteiger partial charge in [0.05, 0.1) is 0 Å². The van der Waals surface area contributed by atoms with Gasteiger partial charge >= 0.3 is 0 Å². The van der Waals surface area contributed by atoms with E-state index in [1.807, 2.05) is 84.9 Å². The molecule has 29 heavy (non-hydrogen) atoms. The van der Waals surface area contributed by atoms with E-state index in [0.29, 0.717) is 0 Å². The largest absolute Gasteiger partial charge is 0.467 e. The van der Waals surface area contributed by atoms with Crippen LogP contribution < -0.4 is 9.47 Å². The van der Waals surface area contributed by atoms with Crippen LogP contribution in [0.2, 0.25) is 0 Å². The Labute approximate surface area is 171 Å². The first-order valence-electron chi connectivity index (χ1n) is 9.53. The fourth-order valence-electron chi connectivity index (χ4n) is 3.00. The van der Waals surface area contributed by atoms with Crippen molar-refractivity contribution < 1.29 is 14.2 Å². The van der Waals surface area contributed by atoms with Crippen molar-refractivity contribution in [3.63, 3.8) is 0 Å². The van der Waals surface area contributed by atoms with Crippen LogP contribution in [0.1, 0.15) is 0 Å². The highest BCUT2D eigenvalue weighted by atomic mass is 16.7. The molecular weight excluding hydrogens is 360 g/mol. The second-order valence-electron chi connectivity index (χ2n) is 6.51. The minimum absolute atomic E-state index is 0.132. The normalized spacial score (nSPS) is 10.5. The van der Waals surface area contributed by atoms with Gasteiger partial charge in [-0.05, 0) is 46.5 Å². The maximum atomic E-state index is 5.61. The van der Waals surface area contributed by atoms with E-state index in [9.17, 15) is 0 Å². The van der Waals surface area contributed by atoms with Gasteiger partial charge in [0.25, 0.3) is 0 Å². The first kappa shape index (κ1) is 18.8. The van der Waals surface area contributed by atoms with E-state index < -0.39 is 0 Å².